The van der Waals surface area contributed by atoms with Crippen LogP contribution in [-0.2, 0) is 19.3 Å². The highest BCUT2D eigenvalue weighted by atomic mass is 16.9. The van der Waals surface area contributed by atoms with Crippen molar-refractivity contribution in [1.29, 1.82) is 0 Å². The third kappa shape index (κ3) is 16.9. The van der Waals surface area contributed by atoms with Crippen LogP contribution in [0.4, 0.5) is 0 Å². The summed E-state index contributed by atoms with van der Waals surface area (Å²) < 4.78 is 0. The summed E-state index contributed by atoms with van der Waals surface area (Å²) in [4.78, 5) is 28.6. The number of aliphatic hydroxyl groups excluding tert-OH is 2. The second kappa shape index (κ2) is 13.5. The van der Waals surface area contributed by atoms with Gasteiger partial charge in [0.2, 0.25) is 0 Å². The van der Waals surface area contributed by atoms with E-state index in [9.17, 15) is 9.59 Å². The van der Waals surface area contributed by atoms with Gasteiger partial charge in [-0.15, -0.1) is 0 Å². The number of carboxylic acid groups (broad SMARTS) is 2. The maximum Gasteiger partial charge on any atom is 0.331 e. The molecule has 0 aliphatic heterocycles. The van der Waals surface area contributed by atoms with Gasteiger partial charge in [0.1, 0.15) is 0 Å². The van der Waals surface area contributed by atoms with Crippen molar-refractivity contribution in [1.82, 2.24) is 5.64 Å². The molecule has 0 fully saturated rings. The van der Waals surface area contributed by atoms with Crippen molar-refractivity contribution in [3.63, 3.8) is 0 Å². The Kier molecular flexibility index (Phi) is 14.2. The fraction of sp³-hybridized carbons (Fsp3) is 0.556. The van der Waals surface area contributed by atoms with E-state index in [0.29, 0.717) is 0 Å². The van der Waals surface area contributed by atoms with Gasteiger partial charge >= 0.3 is 11.9 Å². The molecule has 0 saturated heterocycles. The number of aliphatic carboxylic acids is 2. The van der Waals surface area contributed by atoms with Gasteiger partial charge in [0.05, 0.1) is 32.8 Å². The third-order valence-corrected chi connectivity index (χ3v) is 1.17. The van der Waals surface area contributed by atoms with Crippen LogP contribution in [0.2, 0.25) is 0 Å². The van der Waals surface area contributed by atoms with Crippen molar-refractivity contribution < 1.29 is 39.7 Å². The molecule has 18 heavy (non-hydrogen) atoms. The lowest BCUT2D eigenvalue weighted by Gasteiger charge is -2.01. The molecule has 0 rings (SSSR count). The van der Waals surface area contributed by atoms with Crippen molar-refractivity contribution in [2.75, 3.05) is 26.4 Å². The van der Waals surface area contributed by atoms with Crippen molar-refractivity contribution in [3.05, 3.63) is 12.2 Å². The monoisotopic (exact) mass is 267 g/mol. The first-order valence-corrected chi connectivity index (χ1v) is 4.78. The van der Waals surface area contributed by atoms with Crippen LogP contribution in [0.25, 0.3) is 0 Å². The van der Waals surface area contributed by atoms with Crippen molar-refractivity contribution in [2.24, 2.45) is 0 Å². The molecule has 0 aromatic heterocycles. The van der Waals surface area contributed by atoms with Gasteiger partial charge in [0.15, 0.2) is 0 Å². The molecule has 9 nitrogen and oxygen atoms in total. The molecule has 0 saturated carbocycles. The van der Waals surface area contributed by atoms with Crippen LogP contribution in [0.1, 0.15) is 6.42 Å². The first kappa shape index (κ1) is 18.8. The highest BCUT2D eigenvalue weighted by Crippen LogP contribution is 1.95. The molecule has 0 heterocycles. The molecule has 0 unspecified atom stereocenters. The zero-order valence-electron chi connectivity index (χ0n) is 9.66. The molecule has 9 heteroatoms. The second-order valence-electron chi connectivity index (χ2n) is 2.71. The fourth-order valence-electron chi connectivity index (χ4n) is 0.474. The van der Waals surface area contributed by atoms with E-state index in [2.05, 4.69) is 21.9 Å². The third-order valence-electron chi connectivity index (χ3n) is 1.17. The molecule has 0 spiro atoms. The second-order valence-corrected chi connectivity index (χ2v) is 2.71. The molecule has 0 amide bonds. The summed E-state index contributed by atoms with van der Waals surface area (Å²) in [6.07, 6.45) is -0.505. The highest BCUT2D eigenvalue weighted by molar-refractivity contribution is 5.91. The average molecular weight is 267 g/mol. The number of rotatable bonds is 9. The van der Waals surface area contributed by atoms with Crippen molar-refractivity contribution >= 4 is 11.9 Å². The summed E-state index contributed by atoms with van der Waals surface area (Å²) in [6, 6.07) is 0. The van der Waals surface area contributed by atoms with Crippen LogP contribution in [0.15, 0.2) is 12.2 Å². The quantitative estimate of drug-likeness (QED) is 0.192. The Morgan fingerprint density at radius 1 is 1.06 bits per heavy atom. The molecule has 0 aromatic rings. The Balaban J connectivity index is 0. The molecule has 0 bridgehead atoms. The number of hydrogen-bond donors (Lipinski definition) is 5. The zero-order valence-corrected chi connectivity index (χ0v) is 9.66. The van der Waals surface area contributed by atoms with E-state index in [1.807, 2.05) is 0 Å². The Morgan fingerprint density at radius 3 is 1.72 bits per heavy atom. The smallest absolute Gasteiger partial charge is 0.331 e. The van der Waals surface area contributed by atoms with E-state index >= 15 is 0 Å². The van der Waals surface area contributed by atoms with Crippen LogP contribution in [0, 0.1) is 0 Å². The first-order valence-electron chi connectivity index (χ1n) is 4.78. The molecule has 0 radical (unpaired) electrons. The van der Waals surface area contributed by atoms with Gasteiger partial charge in [-0.3, -0.25) is 14.5 Å². The Labute approximate surface area is 103 Å². The molecule has 0 atom stereocenters. The lowest BCUT2D eigenvalue weighted by molar-refractivity contribution is -0.178. The van der Waals surface area contributed by atoms with Gasteiger partial charge in [0, 0.05) is 5.57 Å². The van der Waals surface area contributed by atoms with E-state index in [4.69, 9.17) is 20.4 Å². The molecule has 0 aromatic carbocycles. The molecular weight excluding hydrogens is 250 g/mol. The summed E-state index contributed by atoms with van der Waals surface area (Å²) in [7, 11) is 0. The van der Waals surface area contributed by atoms with Crippen molar-refractivity contribution in [2.45, 2.75) is 6.42 Å². The van der Waals surface area contributed by atoms with Crippen LogP contribution >= 0.6 is 0 Å². The topological polar surface area (TPSA) is 146 Å². The molecule has 0 aliphatic rings. The molecule has 106 valence electrons. The maximum atomic E-state index is 9.87. The molecular formula is C9H17NO8. The number of hydrogen-bond acceptors (Lipinski definition) is 7. The van der Waals surface area contributed by atoms with Gasteiger partial charge in [-0.2, -0.15) is 0 Å². The first-order chi connectivity index (χ1) is 8.45. The number of aliphatic hydroxyl groups is 2. The molecule has 5 N–H and O–H groups in total. The Bertz CT molecular complexity index is 249. The standard InChI is InChI=1S/C5H6O4.C4H11NO4/c1-3(5(8)9)2-4(6)7;6-1-3-8-5-9-4-2-7/h1-2H2,(H,6,7)(H,8,9);5-7H,1-4H2. The minimum atomic E-state index is -1.27. The summed E-state index contributed by atoms with van der Waals surface area (Å²) >= 11 is 0. The summed E-state index contributed by atoms with van der Waals surface area (Å²) in [5.74, 6) is -2.44. The van der Waals surface area contributed by atoms with E-state index in [1.165, 1.54) is 0 Å². The van der Waals surface area contributed by atoms with Gasteiger partial charge in [0.25, 0.3) is 0 Å². The Hall–Kier alpha value is -1.52. The maximum absolute atomic E-state index is 9.87. The normalized spacial score (nSPS) is 9.22. The fourth-order valence-corrected chi connectivity index (χ4v) is 0.474. The lowest BCUT2D eigenvalue weighted by atomic mass is 10.2. The number of carbonyl (C=O) groups is 2. The van der Waals surface area contributed by atoms with Crippen LogP contribution in [0.5, 0.6) is 0 Å². The highest BCUT2D eigenvalue weighted by Gasteiger charge is 2.07. The zero-order chi connectivity index (χ0) is 14.4. The van der Waals surface area contributed by atoms with Crippen LogP contribution in [-0.4, -0.2) is 58.8 Å². The van der Waals surface area contributed by atoms with Gasteiger partial charge < -0.3 is 20.4 Å². The molecule has 0 aliphatic carbocycles. The van der Waals surface area contributed by atoms with E-state index in [-0.39, 0.29) is 32.0 Å². The average Bonchev–Trinajstić information content (AvgIpc) is 2.29. The minimum absolute atomic E-state index is 0.0600. The van der Waals surface area contributed by atoms with E-state index in [0.717, 1.165) is 0 Å². The van der Waals surface area contributed by atoms with Gasteiger partial charge in [-0.05, 0) is 0 Å². The van der Waals surface area contributed by atoms with Crippen molar-refractivity contribution in [3.8, 4) is 0 Å². The Morgan fingerprint density at radius 2 is 1.50 bits per heavy atom. The van der Waals surface area contributed by atoms with Gasteiger partial charge in [-0.25, -0.2) is 4.79 Å². The van der Waals surface area contributed by atoms with E-state index < -0.39 is 18.4 Å². The van der Waals surface area contributed by atoms with E-state index in [1.54, 1.807) is 0 Å². The minimum Gasteiger partial charge on any atom is -0.481 e. The van der Waals surface area contributed by atoms with Gasteiger partial charge in [-0.1, -0.05) is 12.2 Å². The number of carboxylic acids is 2. The SMILES string of the molecule is C=C(CC(=O)O)C(=O)O.OCCONOCCO. The van der Waals surface area contributed by atoms with Crippen LogP contribution < -0.4 is 5.64 Å². The predicted octanol–water partition coefficient (Wildman–Crippen LogP) is -1.47. The summed E-state index contributed by atoms with van der Waals surface area (Å²) in [6.45, 7) is 3.24. The number of nitrogens with one attached hydrogen (secondary N) is 1. The summed E-state index contributed by atoms with van der Waals surface area (Å²) in [5, 5.41) is 32.4. The van der Waals surface area contributed by atoms with Crippen LogP contribution in [0.3, 0.4) is 0 Å². The predicted molar refractivity (Wildman–Crippen MR) is 58.2 cm³/mol. The largest absolute Gasteiger partial charge is 0.481 e. The lowest BCUT2D eigenvalue weighted by Crippen LogP contribution is -2.19. The summed E-state index contributed by atoms with van der Waals surface area (Å²) in [5.41, 5.74) is 1.76.